The number of aromatic nitrogens is 4. The molecule has 0 radical (unpaired) electrons. The molecule has 60 heavy (non-hydrogen) atoms. The molecule has 0 spiro atoms. The molecule has 4 aromatic carbocycles. The van der Waals surface area contributed by atoms with Gasteiger partial charge in [0.25, 0.3) is 0 Å². The van der Waals surface area contributed by atoms with E-state index in [1.807, 2.05) is 0 Å². The minimum absolute atomic E-state index is 0.0116. The van der Waals surface area contributed by atoms with Crippen LogP contribution in [-0.2, 0) is 0 Å². The number of aromatic amines is 2. The fourth-order valence-corrected chi connectivity index (χ4v) is 7.26. The zero-order chi connectivity index (χ0) is 42.3. The Hall–Kier alpha value is -7.88. The van der Waals surface area contributed by atoms with Crippen LogP contribution in [0.5, 0.6) is 23.0 Å². The SMILES string of the molecule is Oc1c(F)cc(-c2c3nc(c(-c4cc(F)c(O)c(F)c4)c4ccc([nH]4)c(-c4cc(F)c(O)c(F)c4)c4nc(c(-c5cc(F)c(O)c(F)c5)c5ccc2[nH]5)C=C4)C=C3)cc1F. The molecule has 16 heteroatoms. The van der Waals surface area contributed by atoms with Gasteiger partial charge in [0.05, 0.1) is 22.8 Å². The lowest BCUT2D eigenvalue weighted by molar-refractivity contribution is 0.396. The average molecular weight is 823 g/mol. The van der Waals surface area contributed by atoms with Crippen LogP contribution in [0.3, 0.4) is 0 Å². The van der Waals surface area contributed by atoms with Crippen LogP contribution in [0.15, 0.2) is 72.8 Å². The minimum atomic E-state index is -1.33. The van der Waals surface area contributed by atoms with Gasteiger partial charge in [-0.25, -0.2) is 45.1 Å². The summed E-state index contributed by atoms with van der Waals surface area (Å²) in [4.78, 5) is 15.6. The maximum absolute atomic E-state index is 15.0. The first kappa shape index (κ1) is 37.7. The smallest absolute Gasteiger partial charge is 0.187 e. The molecule has 6 N–H and O–H groups in total. The third-order valence-corrected chi connectivity index (χ3v) is 9.98. The third kappa shape index (κ3) is 6.16. The van der Waals surface area contributed by atoms with E-state index < -0.39 is 69.5 Å². The summed E-state index contributed by atoms with van der Waals surface area (Å²) in [6.07, 6.45) is 5.68. The molecule has 0 atom stereocenters. The van der Waals surface area contributed by atoms with E-state index in [-0.39, 0.29) is 89.4 Å². The fraction of sp³-hybridized carbons (Fsp3) is 0. The second-order valence-electron chi connectivity index (χ2n) is 13.7. The number of nitrogens with zero attached hydrogens (tertiary/aromatic N) is 2. The number of phenolic OH excluding ortho intramolecular Hbond substituents is 4. The minimum Gasteiger partial charge on any atom is -0.503 e. The van der Waals surface area contributed by atoms with Crippen molar-refractivity contribution in [2.75, 3.05) is 0 Å². The average Bonchev–Trinajstić information content (AvgIpc) is 4.05. The van der Waals surface area contributed by atoms with Gasteiger partial charge in [-0.3, -0.25) is 0 Å². The lowest BCUT2D eigenvalue weighted by Gasteiger charge is -2.09. The van der Waals surface area contributed by atoms with E-state index in [1.54, 1.807) is 0 Å². The fourth-order valence-electron chi connectivity index (χ4n) is 7.26. The number of hydrogen-bond donors (Lipinski definition) is 6. The molecule has 3 aromatic heterocycles. The molecule has 0 saturated carbocycles. The standard InChI is InChI=1S/C44H22F8N4O4/c45-21-9-17(10-22(46)41(21)57)37-29-1-2-30(53-29)38(18-11-23(47)42(58)24(48)12-18)32-5-6-34(55-32)40(20-15-27(51)44(60)28(52)16-20)36-8-7-35(56-36)39(33-4-3-31(37)54-33)19-13-25(49)43(59)26(50)14-19/h1-16,53,56-60H. The Kier molecular flexibility index (Phi) is 8.73. The van der Waals surface area contributed by atoms with Crippen molar-refractivity contribution in [1.29, 1.82) is 0 Å². The van der Waals surface area contributed by atoms with Gasteiger partial charge in [0.1, 0.15) is 0 Å². The summed E-state index contributed by atoms with van der Waals surface area (Å²) in [5.74, 6) is -15.7. The number of nitrogens with one attached hydrogen (secondary N) is 2. The molecule has 0 fully saturated rings. The van der Waals surface area contributed by atoms with Gasteiger partial charge in [0, 0.05) is 44.3 Å². The van der Waals surface area contributed by atoms with Crippen LogP contribution in [0, 0.1) is 46.5 Å². The number of rotatable bonds is 4. The first-order valence-corrected chi connectivity index (χ1v) is 17.6. The summed E-state index contributed by atoms with van der Waals surface area (Å²) in [6.45, 7) is 0. The van der Waals surface area contributed by atoms with Gasteiger partial charge >= 0.3 is 0 Å². The summed E-state index contributed by atoms with van der Waals surface area (Å²) >= 11 is 0. The van der Waals surface area contributed by atoms with Crippen molar-refractivity contribution in [2.24, 2.45) is 0 Å². The van der Waals surface area contributed by atoms with Crippen LogP contribution >= 0.6 is 0 Å². The molecular weight excluding hydrogens is 800 g/mol. The summed E-state index contributed by atoms with van der Waals surface area (Å²) in [5.41, 5.74) is -0.127. The monoisotopic (exact) mass is 822 g/mol. The number of hydrogen-bond acceptors (Lipinski definition) is 6. The summed E-state index contributed by atoms with van der Waals surface area (Å²) in [6, 6.07) is 12.5. The van der Waals surface area contributed by atoms with Gasteiger partial charge in [0.15, 0.2) is 69.5 Å². The van der Waals surface area contributed by atoms with E-state index in [1.165, 1.54) is 48.6 Å². The summed E-state index contributed by atoms with van der Waals surface area (Å²) in [7, 11) is 0. The molecule has 7 aromatic rings. The summed E-state index contributed by atoms with van der Waals surface area (Å²) in [5, 5.41) is 39.8. The largest absolute Gasteiger partial charge is 0.503 e. The van der Waals surface area contributed by atoms with Gasteiger partial charge in [0.2, 0.25) is 0 Å². The molecule has 0 aliphatic carbocycles. The predicted molar refractivity (Wildman–Crippen MR) is 207 cm³/mol. The highest BCUT2D eigenvalue weighted by atomic mass is 19.2. The first-order chi connectivity index (χ1) is 28.7. The second kappa shape index (κ2) is 13.9. The third-order valence-electron chi connectivity index (χ3n) is 9.98. The normalized spacial score (nSPS) is 12.1. The number of benzene rings is 4. The highest BCUT2D eigenvalue weighted by molar-refractivity contribution is 6.00. The molecule has 2 aliphatic heterocycles. The molecule has 9 rings (SSSR count). The van der Waals surface area contributed by atoms with Crippen molar-refractivity contribution in [1.82, 2.24) is 19.9 Å². The number of aromatic hydroxyl groups is 4. The van der Waals surface area contributed by atoms with Crippen molar-refractivity contribution < 1.29 is 55.5 Å². The van der Waals surface area contributed by atoms with E-state index in [0.717, 1.165) is 48.5 Å². The molecule has 8 nitrogen and oxygen atoms in total. The van der Waals surface area contributed by atoms with E-state index in [9.17, 15) is 55.5 Å². The lowest BCUT2D eigenvalue weighted by Crippen LogP contribution is -1.93. The van der Waals surface area contributed by atoms with E-state index in [2.05, 4.69) is 9.97 Å². The number of H-pyrrole nitrogens is 2. The van der Waals surface area contributed by atoms with Crippen LogP contribution in [0.2, 0.25) is 0 Å². The Morgan fingerprint density at radius 2 is 0.500 bits per heavy atom. The van der Waals surface area contributed by atoms with Crippen LogP contribution in [0.1, 0.15) is 22.8 Å². The highest BCUT2D eigenvalue weighted by Gasteiger charge is 2.23. The van der Waals surface area contributed by atoms with Crippen LogP contribution in [0.25, 0.3) is 90.9 Å². The number of halogens is 8. The molecule has 0 saturated heterocycles. The topological polar surface area (TPSA) is 138 Å². The molecule has 5 heterocycles. The Balaban J connectivity index is 1.51. The maximum Gasteiger partial charge on any atom is 0.187 e. The predicted octanol–water partition coefficient (Wildman–Crippen LogP) is 11.3. The lowest BCUT2D eigenvalue weighted by atomic mass is 10.0. The first-order valence-electron chi connectivity index (χ1n) is 17.6. The Bertz CT molecular complexity index is 2750. The Labute approximate surface area is 331 Å². The molecular formula is C44H22F8N4O4. The number of fused-ring (bicyclic) bond motifs is 8. The molecule has 8 bridgehead atoms. The van der Waals surface area contributed by atoms with E-state index in [0.29, 0.717) is 0 Å². The van der Waals surface area contributed by atoms with Crippen molar-refractivity contribution >= 4 is 46.4 Å². The molecule has 298 valence electrons. The molecule has 2 aliphatic rings. The van der Waals surface area contributed by atoms with Gasteiger partial charge in [-0.15, -0.1) is 0 Å². The van der Waals surface area contributed by atoms with E-state index in [4.69, 9.17) is 9.97 Å². The van der Waals surface area contributed by atoms with Gasteiger partial charge < -0.3 is 30.4 Å². The highest BCUT2D eigenvalue weighted by Crippen LogP contribution is 2.41. The molecule has 0 unspecified atom stereocenters. The zero-order valence-corrected chi connectivity index (χ0v) is 29.9. The van der Waals surface area contributed by atoms with Gasteiger partial charge in [-0.1, -0.05) is 0 Å². The van der Waals surface area contributed by atoms with Crippen molar-refractivity contribution in [2.45, 2.75) is 0 Å². The molecule has 0 amide bonds. The Morgan fingerprint density at radius 1 is 0.317 bits per heavy atom. The summed E-state index contributed by atoms with van der Waals surface area (Å²) < 4.78 is 120. The van der Waals surface area contributed by atoms with Crippen LogP contribution < -0.4 is 0 Å². The maximum atomic E-state index is 15.0. The van der Waals surface area contributed by atoms with Crippen molar-refractivity contribution in [3.05, 3.63) is 142 Å². The van der Waals surface area contributed by atoms with Crippen molar-refractivity contribution in [3.8, 4) is 67.5 Å². The van der Waals surface area contributed by atoms with Crippen LogP contribution in [-0.4, -0.2) is 40.4 Å². The zero-order valence-electron chi connectivity index (χ0n) is 29.9. The van der Waals surface area contributed by atoms with Crippen molar-refractivity contribution in [3.63, 3.8) is 0 Å². The van der Waals surface area contributed by atoms with Crippen LogP contribution in [0.4, 0.5) is 35.1 Å². The quantitative estimate of drug-likeness (QED) is 0.0978. The van der Waals surface area contributed by atoms with Gasteiger partial charge in [-0.05, 0) is 119 Å². The number of phenols is 4. The second-order valence-corrected chi connectivity index (χ2v) is 13.7. The van der Waals surface area contributed by atoms with E-state index >= 15 is 0 Å². The van der Waals surface area contributed by atoms with Gasteiger partial charge in [-0.2, -0.15) is 0 Å². The Morgan fingerprint density at radius 3 is 0.683 bits per heavy atom.